The van der Waals surface area contributed by atoms with Crippen LogP contribution in [0.4, 0.5) is 0 Å². The zero-order chi connectivity index (χ0) is 11.8. The second kappa shape index (κ2) is 4.18. The molecule has 0 atom stereocenters. The molecule has 86 valence electrons. The molecule has 1 aromatic rings. The van der Waals surface area contributed by atoms with E-state index in [-0.39, 0.29) is 5.97 Å². The summed E-state index contributed by atoms with van der Waals surface area (Å²) < 4.78 is 5.80. The lowest BCUT2D eigenvalue weighted by molar-refractivity contribution is -0.156. The van der Waals surface area contributed by atoms with Crippen molar-refractivity contribution in [3.63, 3.8) is 0 Å². The molecule has 0 bridgehead atoms. The molecule has 4 heteroatoms. The topological polar surface area (TPSA) is 46.5 Å². The molecule has 1 aliphatic carbocycles. The van der Waals surface area contributed by atoms with Gasteiger partial charge in [0, 0.05) is 4.47 Å². The minimum Gasteiger partial charge on any atom is -0.468 e. The van der Waals surface area contributed by atoms with Crippen LogP contribution in [0.15, 0.2) is 28.7 Å². The molecule has 1 aliphatic rings. The smallest absolute Gasteiger partial charge is 0.316 e. The van der Waals surface area contributed by atoms with Gasteiger partial charge >= 0.3 is 5.97 Å². The fourth-order valence-electron chi connectivity index (χ4n) is 2.23. The van der Waals surface area contributed by atoms with Gasteiger partial charge in [0.2, 0.25) is 0 Å². The van der Waals surface area contributed by atoms with E-state index in [1.54, 1.807) is 0 Å². The van der Waals surface area contributed by atoms with E-state index in [0.29, 0.717) is 12.8 Å². The van der Waals surface area contributed by atoms with E-state index in [1.165, 1.54) is 7.11 Å². The summed E-state index contributed by atoms with van der Waals surface area (Å²) in [5, 5.41) is 9.43. The number of esters is 1. The Morgan fingerprint density at radius 2 is 2.00 bits per heavy atom. The van der Waals surface area contributed by atoms with Gasteiger partial charge in [0.05, 0.1) is 18.6 Å². The number of rotatable bonds is 2. The van der Waals surface area contributed by atoms with Gasteiger partial charge in [0.25, 0.3) is 0 Å². The van der Waals surface area contributed by atoms with Crippen molar-refractivity contribution in [3.8, 4) is 0 Å². The zero-order valence-corrected chi connectivity index (χ0v) is 10.5. The van der Waals surface area contributed by atoms with Crippen LogP contribution in [-0.2, 0) is 14.9 Å². The molecule has 0 amide bonds. The molecule has 3 nitrogen and oxygen atoms in total. The van der Waals surface area contributed by atoms with E-state index in [0.717, 1.165) is 10.0 Å². The first-order chi connectivity index (χ1) is 7.58. The first-order valence-corrected chi connectivity index (χ1v) is 5.90. The Kier molecular flexibility index (Phi) is 3.04. The highest BCUT2D eigenvalue weighted by molar-refractivity contribution is 9.10. The molecular formula is C12H13BrO3. The third kappa shape index (κ3) is 1.76. The zero-order valence-electron chi connectivity index (χ0n) is 8.94. The number of aliphatic hydroxyl groups is 1. The van der Waals surface area contributed by atoms with E-state index in [4.69, 9.17) is 4.74 Å². The van der Waals surface area contributed by atoms with Crippen LogP contribution in [-0.4, -0.2) is 24.3 Å². The number of carbonyl (C=O) groups excluding carboxylic acids is 1. The summed E-state index contributed by atoms with van der Waals surface area (Å²) in [5.41, 5.74) is 0.266. The maximum Gasteiger partial charge on any atom is 0.316 e. The Bertz CT molecular complexity index is 393. The summed E-state index contributed by atoms with van der Waals surface area (Å²) in [6, 6.07) is 7.58. The molecule has 1 N–H and O–H groups in total. The molecule has 1 aromatic carbocycles. The summed E-state index contributed by atoms with van der Waals surface area (Å²) in [6.07, 6.45) is 0.491. The van der Waals surface area contributed by atoms with Crippen molar-refractivity contribution in [1.82, 2.24) is 0 Å². The molecule has 0 aliphatic heterocycles. The van der Waals surface area contributed by atoms with Crippen LogP contribution in [0.1, 0.15) is 18.4 Å². The van der Waals surface area contributed by atoms with Gasteiger partial charge in [-0.25, -0.2) is 0 Å². The standard InChI is InChI=1S/C12H13BrO3/c1-16-11(15)12(6-10(14)7-12)8-2-4-9(13)5-3-8/h2-5,10,14H,6-7H2,1H3. The number of methoxy groups -OCH3 is 1. The van der Waals surface area contributed by atoms with Gasteiger partial charge in [-0.2, -0.15) is 0 Å². The lowest BCUT2D eigenvalue weighted by Crippen LogP contribution is -2.51. The lowest BCUT2D eigenvalue weighted by atomic mass is 9.63. The molecule has 0 saturated heterocycles. The first-order valence-electron chi connectivity index (χ1n) is 5.11. The highest BCUT2D eigenvalue weighted by Crippen LogP contribution is 2.45. The second-order valence-corrected chi connectivity index (χ2v) is 5.06. The maximum absolute atomic E-state index is 11.8. The van der Waals surface area contributed by atoms with Crippen molar-refractivity contribution in [2.24, 2.45) is 0 Å². The largest absolute Gasteiger partial charge is 0.468 e. The number of carbonyl (C=O) groups is 1. The fraction of sp³-hybridized carbons (Fsp3) is 0.417. The first kappa shape index (κ1) is 11.6. The molecule has 1 saturated carbocycles. The van der Waals surface area contributed by atoms with Crippen molar-refractivity contribution >= 4 is 21.9 Å². The van der Waals surface area contributed by atoms with Crippen molar-refractivity contribution in [1.29, 1.82) is 0 Å². The molecule has 0 spiro atoms. The van der Waals surface area contributed by atoms with Crippen LogP contribution in [0.3, 0.4) is 0 Å². The highest BCUT2D eigenvalue weighted by Gasteiger charge is 2.51. The molecule has 2 rings (SSSR count). The van der Waals surface area contributed by atoms with Crippen molar-refractivity contribution < 1.29 is 14.6 Å². The fourth-order valence-corrected chi connectivity index (χ4v) is 2.49. The second-order valence-electron chi connectivity index (χ2n) is 4.14. The van der Waals surface area contributed by atoms with Crippen LogP contribution in [0, 0.1) is 0 Å². The molecular weight excluding hydrogens is 272 g/mol. The number of hydrogen-bond acceptors (Lipinski definition) is 3. The number of benzene rings is 1. The maximum atomic E-state index is 11.8. The Hall–Kier alpha value is -0.870. The predicted octanol–water partition coefficient (Wildman–Crippen LogP) is 2.01. The summed E-state index contributed by atoms with van der Waals surface area (Å²) in [6.45, 7) is 0. The third-order valence-corrected chi connectivity index (χ3v) is 3.67. The van der Waals surface area contributed by atoms with Crippen molar-refractivity contribution in [2.75, 3.05) is 7.11 Å². The SMILES string of the molecule is COC(=O)C1(c2ccc(Br)cc2)CC(O)C1. The summed E-state index contributed by atoms with van der Waals surface area (Å²) in [7, 11) is 1.38. The van der Waals surface area contributed by atoms with Crippen LogP contribution < -0.4 is 0 Å². The Morgan fingerprint density at radius 1 is 1.44 bits per heavy atom. The summed E-state index contributed by atoms with van der Waals surface area (Å²) in [4.78, 5) is 11.8. The minimum atomic E-state index is -0.644. The quantitative estimate of drug-likeness (QED) is 0.846. The third-order valence-electron chi connectivity index (χ3n) is 3.14. The summed E-state index contributed by atoms with van der Waals surface area (Å²) in [5.74, 6) is -0.264. The molecule has 0 radical (unpaired) electrons. The lowest BCUT2D eigenvalue weighted by Gasteiger charge is -2.43. The van der Waals surface area contributed by atoms with Gasteiger partial charge < -0.3 is 9.84 Å². The van der Waals surface area contributed by atoms with Gasteiger partial charge in [-0.05, 0) is 30.5 Å². The van der Waals surface area contributed by atoms with Gasteiger partial charge in [-0.15, -0.1) is 0 Å². The Balaban J connectivity index is 2.34. The summed E-state index contributed by atoms with van der Waals surface area (Å²) >= 11 is 3.35. The van der Waals surface area contributed by atoms with Gasteiger partial charge in [0.1, 0.15) is 0 Å². The van der Waals surface area contributed by atoms with E-state index in [1.807, 2.05) is 24.3 Å². The van der Waals surface area contributed by atoms with Crippen LogP contribution in [0.5, 0.6) is 0 Å². The van der Waals surface area contributed by atoms with Crippen molar-refractivity contribution in [3.05, 3.63) is 34.3 Å². The normalized spacial score (nSPS) is 28.3. The van der Waals surface area contributed by atoms with E-state index in [9.17, 15) is 9.90 Å². The average molecular weight is 285 g/mol. The monoisotopic (exact) mass is 284 g/mol. The Morgan fingerprint density at radius 3 is 2.44 bits per heavy atom. The van der Waals surface area contributed by atoms with Crippen LogP contribution >= 0.6 is 15.9 Å². The number of aliphatic hydroxyl groups excluding tert-OH is 1. The predicted molar refractivity (Wildman–Crippen MR) is 63.1 cm³/mol. The average Bonchev–Trinajstić information content (AvgIpc) is 2.25. The van der Waals surface area contributed by atoms with Gasteiger partial charge in [-0.3, -0.25) is 4.79 Å². The molecule has 1 fully saturated rings. The van der Waals surface area contributed by atoms with E-state index >= 15 is 0 Å². The molecule has 0 aromatic heterocycles. The minimum absolute atomic E-state index is 0.264. The van der Waals surface area contributed by atoms with Crippen LogP contribution in [0.25, 0.3) is 0 Å². The number of halogens is 1. The van der Waals surface area contributed by atoms with E-state index < -0.39 is 11.5 Å². The highest BCUT2D eigenvalue weighted by atomic mass is 79.9. The Labute approximate surface area is 103 Å². The molecule has 16 heavy (non-hydrogen) atoms. The number of hydrogen-bond donors (Lipinski definition) is 1. The van der Waals surface area contributed by atoms with E-state index in [2.05, 4.69) is 15.9 Å². The van der Waals surface area contributed by atoms with Gasteiger partial charge in [-0.1, -0.05) is 28.1 Å². The molecule has 0 heterocycles. The number of ether oxygens (including phenoxy) is 1. The molecule has 0 unspecified atom stereocenters. The van der Waals surface area contributed by atoms with Crippen molar-refractivity contribution in [2.45, 2.75) is 24.4 Å². The van der Waals surface area contributed by atoms with Crippen LogP contribution in [0.2, 0.25) is 0 Å². The van der Waals surface area contributed by atoms with Gasteiger partial charge in [0.15, 0.2) is 0 Å².